The van der Waals surface area contributed by atoms with Crippen molar-refractivity contribution in [1.82, 2.24) is 0 Å². The van der Waals surface area contributed by atoms with E-state index in [9.17, 15) is 0 Å². The van der Waals surface area contributed by atoms with Crippen LogP contribution in [0.3, 0.4) is 0 Å². The Labute approximate surface area is 117 Å². The number of phenolic OH excluding ortho intramolecular Hbond substituents is 1. The molecular formula is C16H26O3. The molecule has 0 aliphatic rings. The van der Waals surface area contributed by atoms with Gasteiger partial charge in [-0.15, -0.1) is 12.3 Å². The number of benzene rings is 1. The summed E-state index contributed by atoms with van der Waals surface area (Å²) in [6, 6.07) is 7.37. The zero-order chi connectivity index (χ0) is 15.5. The normalized spacial score (nSPS) is 6.95. The highest BCUT2D eigenvalue weighted by Gasteiger charge is 1.89. The van der Waals surface area contributed by atoms with E-state index in [2.05, 4.69) is 24.0 Å². The van der Waals surface area contributed by atoms with Gasteiger partial charge in [0.05, 0.1) is 7.11 Å². The standard InChI is InChI=1S/C9H12O.C3H4.C2H4O2.C2H6/c1-2-3-8-4-6-9(10)7-5-8;1-3-2;1-4-2-3;1-2/h4-7,10H,2-3H2,1H3;1H,2H3;2H,1H3;1-2H3. The summed E-state index contributed by atoms with van der Waals surface area (Å²) >= 11 is 0. The van der Waals surface area contributed by atoms with Crippen LogP contribution in [0.2, 0.25) is 0 Å². The number of aryl methyl sites for hydroxylation is 1. The number of aromatic hydroxyl groups is 1. The molecule has 0 heterocycles. The summed E-state index contributed by atoms with van der Waals surface area (Å²) in [5, 5.41) is 8.92. The van der Waals surface area contributed by atoms with Gasteiger partial charge in [0.2, 0.25) is 0 Å². The van der Waals surface area contributed by atoms with E-state index in [-0.39, 0.29) is 0 Å². The molecule has 1 N–H and O–H groups in total. The summed E-state index contributed by atoms with van der Waals surface area (Å²) in [7, 11) is 1.31. The predicted octanol–water partition coefficient (Wildman–Crippen LogP) is 3.80. The van der Waals surface area contributed by atoms with Crippen molar-refractivity contribution in [3.05, 3.63) is 29.8 Å². The molecule has 3 heteroatoms. The van der Waals surface area contributed by atoms with Crippen molar-refractivity contribution in [2.75, 3.05) is 7.11 Å². The lowest BCUT2D eigenvalue weighted by molar-refractivity contribution is -0.126. The van der Waals surface area contributed by atoms with Crippen molar-refractivity contribution in [2.24, 2.45) is 0 Å². The topological polar surface area (TPSA) is 46.5 Å². The fourth-order valence-electron chi connectivity index (χ4n) is 0.951. The summed E-state index contributed by atoms with van der Waals surface area (Å²) in [5.74, 6) is 2.60. The van der Waals surface area contributed by atoms with Gasteiger partial charge in [-0.3, -0.25) is 4.79 Å². The first kappa shape index (κ1) is 22.2. The molecule has 1 aromatic carbocycles. The van der Waals surface area contributed by atoms with Crippen LogP contribution in [0.1, 0.15) is 39.7 Å². The van der Waals surface area contributed by atoms with Crippen LogP contribution in [0.15, 0.2) is 24.3 Å². The number of methoxy groups -OCH3 is 1. The quantitative estimate of drug-likeness (QED) is 0.668. The van der Waals surface area contributed by atoms with Crippen molar-refractivity contribution in [1.29, 1.82) is 0 Å². The Bertz CT molecular complexity index is 310. The lowest BCUT2D eigenvalue weighted by Gasteiger charge is -1.96. The second-order valence-corrected chi connectivity index (χ2v) is 3.04. The van der Waals surface area contributed by atoms with Crippen molar-refractivity contribution in [2.45, 2.75) is 40.5 Å². The molecule has 108 valence electrons. The summed E-state index contributed by atoms with van der Waals surface area (Å²) in [4.78, 5) is 8.95. The molecular weight excluding hydrogens is 240 g/mol. The number of rotatable bonds is 3. The third-order valence-corrected chi connectivity index (χ3v) is 1.57. The number of phenols is 1. The van der Waals surface area contributed by atoms with Gasteiger partial charge < -0.3 is 9.84 Å². The number of carbonyl (C=O) groups is 1. The van der Waals surface area contributed by atoms with E-state index in [1.165, 1.54) is 12.7 Å². The van der Waals surface area contributed by atoms with Gasteiger partial charge in [-0.05, 0) is 31.0 Å². The second-order valence-electron chi connectivity index (χ2n) is 3.04. The van der Waals surface area contributed by atoms with Crippen molar-refractivity contribution >= 4 is 6.47 Å². The van der Waals surface area contributed by atoms with Crippen LogP contribution in [-0.2, 0) is 16.0 Å². The Kier molecular flexibility index (Phi) is 25.0. The van der Waals surface area contributed by atoms with Gasteiger partial charge in [0, 0.05) is 0 Å². The maximum atomic E-state index is 8.95. The summed E-state index contributed by atoms with van der Waals surface area (Å²) in [6.07, 6.45) is 6.85. The maximum Gasteiger partial charge on any atom is 0.292 e. The number of ether oxygens (including phenoxy) is 1. The average molecular weight is 266 g/mol. The van der Waals surface area contributed by atoms with Crippen LogP contribution in [0.25, 0.3) is 0 Å². The first-order valence-electron chi connectivity index (χ1n) is 6.27. The minimum Gasteiger partial charge on any atom is -0.508 e. The molecule has 0 bridgehead atoms. The first-order valence-corrected chi connectivity index (χ1v) is 6.27. The van der Waals surface area contributed by atoms with E-state index in [1.54, 1.807) is 19.1 Å². The van der Waals surface area contributed by atoms with Crippen LogP contribution >= 0.6 is 0 Å². The minimum absolute atomic E-state index is 0.347. The highest BCUT2D eigenvalue weighted by Crippen LogP contribution is 2.10. The van der Waals surface area contributed by atoms with E-state index < -0.39 is 0 Å². The van der Waals surface area contributed by atoms with E-state index in [0.717, 1.165) is 12.8 Å². The lowest BCUT2D eigenvalue weighted by Crippen LogP contribution is -1.79. The molecule has 0 atom stereocenters. The molecule has 1 rings (SSSR count). The van der Waals surface area contributed by atoms with E-state index in [4.69, 9.17) is 9.90 Å². The molecule has 0 aliphatic carbocycles. The lowest BCUT2D eigenvalue weighted by atomic mass is 10.1. The fraction of sp³-hybridized carbons (Fsp3) is 0.438. The molecule has 3 nitrogen and oxygen atoms in total. The molecule has 0 unspecified atom stereocenters. The molecule has 0 radical (unpaired) electrons. The molecule has 0 aliphatic heterocycles. The third kappa shape index (κ3) is 21.8. The summed E-state index contributed by atoms with van der Waals surface area (Å²) in [5.41, 5.74) is 1.29. The number of carbonyl (C=O) groups excluding carboxylic acids is 1. The minimum atomic E-state index is 0.347. The Morgan fingerprint density at radius 2 is 1.68 bits per heavy atom. The number of hydrogen-bond acceptors (Lipinski definition) is 3. The second kappa shape index (κ2) is 21.3. The van der Waals surface area contributed by atoms with Crippen LogP contribution in [-0.4, -0.2) is 18.7 Å². The molecule has 0 amide bonds. The molecule has 0 saturated heterocycles. The zero-order valence-corrected chi connectivity index (χ0v) is 12.6. The molecule has 0 spiro atoms. The Morgan fingerprint density at radius 3 is 1.95 bits per heavy atom. The van der Waals surface area contributed by atoms with Gasteiger partial charge in [-0.1, -0.05) is 39.3 Å². The molecule has 1 aromatic rings. The smallest absolute Gasteiger partial charge is 0.292 e. The third-order valence-electron chi connectivity index (χ3n) is 1.57. The van der Waals surface area contributed by atoms with Gasteiger partial charge in [-0.25, -0.2) is 0 Å². The van der Waals surface area contributed by atoms with Crippen molar-refractivity contribution in [3.63, 3.8) is 0 Å². The van der Waals surface area contributed by atoms with E-state index in [0.29, 0.717) is 12.2 Å². The van der Waals surface area contributed by atoms with Crippen LogP contribution in [0.5, 0.6) is 5.75 Å². The maximum absolute atomic E-state index is 8.95. The van der Waals surface area contributed by atoms with E-state index in [1.807, 2.05) is 26.0 Å². The monoisotopic (exact) mass is 266 g/mol. The van der Waals surface area contributed by atoms with Crippen LogP contribution in [0.4, 0.5) is 0 Å². The number of terminal acetylenes is 1. The fourth-order valence-corrected chi connectivity index (χ4v) is 0.951. The summed E-state index contributed by atoms with van der Waals surface area (Å²) in [6.45, 7) is 8.17. The molecule has 0 aromatic heterocycles. The number of hydrogen-bond donors (Lipinski definition) is 1. The van der Waals surface area contributed by atoms with Crippen LogP contribution in [0, 0.1) is 12.3 Å². The van der Waals surface area contributed by atoms with Crippen molar-refractivity contribution in [3.8, 4) is 18.1 Å². The highest BCUT2D eigenvalue weighted by atomic mass is 16.5. The van der Waals surface area contributed by atoms with Crippen LogP contribution < -0.4 is 0 Å². The Hall–Kier alpha value is -1.95. The largest absolute Gasteiger partial charge is 0.508 e. The zero-order valence-electron chi connectivity index (χ0n) is 12.6. The predicted molar refractivity (Wildman–Crippen MR) is 81.0 cm³/mol. The van der Waals surface area contributed by atoms with Gasteiger partial charge in [0.25, 0.3) is 6.47 Å². The molecule has 19 heavy (non-hydrogen) atoms. The summed E-state index contributed by atoms with van der Waals surface area (Å²) < 4.78 is 3.86. The van der Waals surface area contributed by atoms with Gasteiger partial charge in [0.15, 0.2) is 0 Å². The van der Waals surface area contributed by atoms with Crippen molar-refractivity contribution < 1.29 is 14.6 Å². The Morgan fingerprint density at radius 1 is 1.32 bits per heavy atom. The van der Waals surface area contributed by atoms with Gasteiger partial charge in [-0.2, -0.15) is 0 Å². The average Bonchev–Trinajstić information content (AvgIpc) is 2.45. The highest BCUT2D eigenvalue weighted by molar-refractivity contribution is 5.36. The first-order chi connectivity index (χ1) is 9.15. The molecule has 0 saturated carbocycles. The van der Waals surface area contributed by atoms with Gasteiger partial charge in [0.1, 0.15) is 5.75 Å². The SMILES string of the molecule is C#CC.CC.CCCc1ccc(O)cc1.COC=O. The van der Waals surface area contributed by atoms with Gasteiger partial charge >= 0.3 is 0 Å². The van der Waals surface area contributed by atoms with E-state index >= 15 is 0 Å². The Balaban J connectivity index is -0.000000239. The molecule has 0 fully saturated rings.